The van der Waals surface area contributed by atoms with E-state index in [0.29, 0.717) is 16.5 Å². The van der Waals surface area contributed by atoms with Crippen molar-refractivity contribution in [2.45, 2.75) is 0 Å². The molecule has 1 aromatic carbocycles. The molecule has 0 aliphatic rings. The Kier molecular flexibility index (Phi) is 2.10. The standard InChI is InChI=1S/C12H7N3OS/c13-6-7-5-10(17-11(7)14)12-15-8-3-1-2-4-9(8)16-12/h1-5H,14H2. The summed E-state index contributed by atoms with van der Waals surface area (Å²) in [4.78, 5) is 5.12. The Morgan fingerprint density at radius 1 is 1.35 bits per heavy atom. The van der Waals surface area contributed by atoms with Crippen molar-refractivity contribution in [2.75, 3.05) is 5.73 Å². The molecule has 3 aromatic rings. The van der Waals surface area contributed by atoms with E-state index in [2.05, 4.69) is 4.98 Å². The van der Waals surface area contributed by atoms with Crippen molar-refractivity contribution >= 4 is 27.4 Å². The number of rotatable bonds is 1. The number of hydrogen-bond acceptors (Lipinski definition) is 5. The van der Waals surface area contributed by atoms with E-state index in [1.807, 2.05) is 30.3 Å². The maximum atomic E-state index is 8.84. The Balaban J connectivity index is 2.17. The zero-order valence-corrected chi connectivity index (χ0v) is 9.49. The molecular weight excluding hydrogens is 234 g/mol. The van der Waals surface area contributed by atoms with Crippen LogP contribution in [0.1, 0.15) is 5.56 Å². The highest BCUT2D eigenvalue weighted by molar-refractivity contribution is 7.19. The van der Waals surface area contributed by atoms with Gasteiger partial charge in [0.2, 0.25) is 5.89 Å². The van der Waals surface area contributed by atoms with Crippen LogP contribution in [0, 0.1) is 11.3 Å². The first kappa shape index (κ1) is 9.87. The van der Waals surface area contributed by atoms with Crippen LogP contribution in [0.3, 0.4) is 0 Å². The third-order valence-corrected chi connectivity index (χ3v) is 3.34. The first-order chi connectivity index (χ1) is 8.28. The van der Waals surface area contributed by atoms with Gasteiger partial charge in [-0.25, -0.2) is 4.98 Å². The number of para-hydroxylation sites is 2. The fraction of sp³-hybridized carbons (Fsp3) is 0. The zero-order valence-electron chi connectivity index (χ0n) is 8.68. The molecule has 0 saturated heterocycles. The average molecular weight is 241 g/mol. The number of fused-ring (bicyclic) bond motifs is 1. The van der Waals surface area contributed by atoms with E-state index in [1.165, 1.54) is 11.3 Å². The van der Waals surface area contributed by atoms with Crippen molar-refractivity contribution in [1.29, 1.82) is 5.26 Å². The highest BCUT2D eigenvalue weighted by Crippen LogP contribution is 2.33. The van der Waals surface area contributed by atoms with E-state index in [4.69, 9.17) is 15.4 Å². The topological polar surface area (TPSA) is 75.8 Å². The molecule has 0 spiro atoms. The lowest BCUT2D eigenvalue weighted by Crippen LogP contribution is -1.80. The molecule has 2 N–H and O–H groups in total. The van der Waals surface area contributed by atoms with Crippen molar-refractivity contribution in [3.8, 4) is 16.8 Å². The second kappa shape index (κ2) is 3.61. The van der Waals surface area contributed by atoms with Gasteiger partial charge >= 0.3 is 0 Å². The molecule has 0 aliphatic heterocycles. The van der Waals surface area contributed by atoms with Crippen LogP contribution in [0.4, 0.5) is 5.00 Å². The number of hydrogen-bond donors (Lipinski definition) is 1. The molecule has 0 unspecified atom stereocenters. The number of anilines is 1. The van der Waals surface area contributed by atoms with Gasteiger partial charge in [-0.15, -0.1) is 11.3 Å². The van der Waals surface area contributed by atoms with E-state index < -0.39 is 0 Å². The van der Waals surface area contributed by atoms with E-state index in [0.717, 1.165) is 16.0 Å². The van der Waals surface area contributed by atoms with Gasteiger partial charge in [-0.05, 0) is 18.2 Å². The molecule has 5 heteroatoms. The second-order valence-electron chi connectivity index (χ2n) is 3.49. The fourth-order valence-corrected chi connectivity index (χ4v) is 2.38. The van der Waals surface area contributed by atoms with Crippen LogP contribution in [0.25, 0.3) is 21.9 Å². The lowest BCUT2D eigenvalue weighted by Gasteiger charge is -1.84. The van der Waals surface area contributed by atoms with Crippen molar-refractivity contribution in [1.82, 2.24) is 4.98 Å². The Morgan fingerprint density at radius 3 is 2.88 bits per heavy atom. The second-order valence-corrected chi connectivity index (χ2v) is 4.57. The van der Waals surface area contributed by atoms with E-state index in [1.54, 1.807) is 6.07 Å². The molecule has 0 saturated carbocycles. The SMILES string of the molecule is N#Cc1cc(-c2nc3ccccc3o2)sc1N. The number of nitrogen functional groups attached to an aromatic ring is 1. The van der Waals surface area contributed by atoms with Crippen molar-refractivity contribution < 1.29 is 4.42 Å². The van der Waals surface area contributed by atoms with Crippen LogP contribution < -0.4 is 5.73 Å². The minimum absolute atomic E-state index is 0.465. The maximum Gasteiger partial charge on any atom is 0.237 e. The Bertz CT molecular complexity index is 703. The molecule has 4 nitrogen and oxygen atoms in total. The van der Waals surface area contributed by atoms with Gasteiger partial charge in [0, 0.05) is 0 Å². The minimum Gasteiger partial charge on any atom is -0.435 e. The molecule has 0 fully saturated rings. The summed E-state index contributed by atoms with van der Waals surface area (Å²) in [6, 6.07) is 11.3. The number of aromatic nitrogens is 1. The Morgan fingerprint density at radius 2 is 2.18 bits per heavy atom. The van der Waals surface area contributed by atoms with E-state index >= 15 is 0 Å². The van der Waals surface area contributed by atoms with Gasteiger partial charge in [0.25, 0.3) is 0 Å². The van der Waals surface area contributed by atoms with Gasteiger partial charge in [-0.3, -0.25) is 0 Å². The highest BCUT2D eigenvalue weighted by Gasteiger charge is 2.13. The summed E-state index contributed by atoms with van der Waals surface area (Å²) >= 11 is 1.31. The summed E-state index contributed by atoms with van der Waals surface area (Å²) in [5.74, 6) is 0.504. The molecule has 0 radical (unpaired) electrons. The summed E-state index contributed by atoms with van der Waals surface area (Å²) in [5.41, 5.74) is 7.70. The largest absolute Gasteiger partial charge is 0.435 e. The van der Waals surface area contributed by atoms with Gasteiger partial charge in [0.05, 0.1) is 10.4 Å². The van der Waals surface area contributed by atoms with Gasteiger partial charge in [-0.1, -0.05) is 12.1 Å². The lowest BCUT2D eigenvalue weighted by atomic mass is 10.3. The zero-order chi connectivity index (χ0) is 11.8. The van der Waals surface area contributed by atoms with Crippen LogP contribution in [0.15, 0.2) is 34.7 Å². The fourth-order valence-electron chi connectivity index (χ4n) is 1.58. The van der Waals surface area contributed by atoms with Crippen LogP contribution in [-0.4, -0.2) is 4.98 Å². The highest BCUT2D eigenvalue weighted by atomic mass is 32.1. The van der Waals surface area contributed by atoms with E-state index in [9.17, 15) is 0 Å². The number of benzene rings is 1. The molecule has 3 rings (SSSR count). The maximum absolute atomic E-state index is 8.84. The number of oxazole rings is 1. The number of nitrogens with zero attached hydrogens (tertiary/aromatic N) is 2. The third-order valence-electron chi connectivity index (χ3n) is 2.39. The number of nitrogens with two attached hydrogens (primary N) is 1. The lowest BCUT2D eigenvalue weighted by molar-refractivity contribution is 0.621. The minimum atomic E-state index is 0.465. The molecule has 0 amide bonds. The summed E-state index contributed by atoms with van der Waals surface area (Å²) in [6.07, 6.45) is 0. The summed E-state index contributed by atoms with van der Waals surface area (Å²) in [5, 5.41) is 9.33. The molecule has 2 aromatic heterocycles. The molecule has 0 bridgehead atoms. The predicted octanol–water partition coefficient (Wildman–Crippen LogP) is 3.01. The first-order valence-electron chi connectivity index (χ1n) is 4.93. The third kappa shape index (κ3) is 1.55. The van der Waals surface area contributed by atoms with Gasteiger partial charge in [0.15, 0.2) is 5.58 Å². The monoisotopic (exact) mass is 241 g/mol. The van der Waals surface area contributed by atoms with Gasteiger partial charge in [-0.2, -0.15) is 5.26 Å². The Hall–Kier alpha value is -2.32. The van der Waals surface area contributed by atoms with Crippen LogP contribution in [0.5, 0.6) is 0 Å². The average Bonchev–Trinajstić information content (AvgIpc) is 2.91. The van der Waals surface area contributed by atoms with Gasteiger partial charge < -0.3 is 10.2 Å². The van der Waals surface area contributed by atoms with Crippen molar-refractivity contribution in [3.63, 3.8) is 0 Å². The molecule has 82 valence electrons. The normalized spacial score (nSPS) is 10.5. The molecule has 0 aliphatic carbocycles. The molecular formula is C12H7N3OS. The molecule has 17 heavy (non-hydrogen) atoms. The van der Waals surface area contributed by atoms with Crippen molar-refractivity contribution in [2.24, 2.45) is 0 Å². The first-order valence-corrected chi connectivity index (χ1v) is 5.75. The van der Waals surface area contributed by atoms with Crippen LogP contribution in [0.2, 0.25) is 0 Å². The van der Waals surface area contributed by atoms with Crippen molar-refractivity contribution in [3.05, 3.63) is 35.9 Å². The smallest absolute Gasteiger partial charge is 0.237 e. The Labute approximate surface area is 101 Å². The van der Waals surface area contributed by atoms with Crippen LogP contribution in [-0.2, 0) is 0 Å². The van der Waals surface area contributed by atoms with Gasteiger partial charge in [0.1, 0.15) is 16.6 Å². The molecule has 0 atom stereocenters. The number of nitriles is 1. The van der Waals surface area contributed by atoms with Crippen LogP contribution >= 0.6 is 11.3 Å². The summed E-state index contributed by atoms with van der Waals surface area (Å²) in [7, 11) is 0. The number of thiophene rings is 1. The summed E-state index contributed by atoms with van der Waals surface area (Å²) in [6.45, 7) is 0. The predicted molar refractivity (Wildman–Crippen MR) is 66.4 cm³/mol. The van der Waals surface area contributed by atoms with E-state index in [-0.39, 0.29) is 0 Å². The summed E-state index contributed by atoms with van der Waals surface area (Å²) < 4.78 is 5.60. The quantitative estimate of drug-likeness (QED) is 0.710. The molecule has 2 heterocycles.